The first-order chi connectivity index (χ1) is 14.6. The van der Waals surface area contributed by atoms with E-state index in [0.717, 1.165) is 28.2 Å². The molecule has 3 rings (SSSR count). The van der Waals surface area contributed by atoms with Crippen molar-refractivity contribution in [3.05, 3.63) is 41.0 Å². The van der Waals surface area contributed by atoms with Crippen LogP contribution in [0, 0.1) is 0 Å². The third-order valence-corrected chi connectivity index (χ3v) is 5.40. The number of nitrogens with one attached hydrogen (secondary N) is 2. The number of thioether (sulfide) groups is 1. The number of methoxy groups -OCH3 is 1. The zero-order chi connectivity index (χ0) is 21.3. The molecule has 30 heavy (non-hydrogen) atoms. The number of aromatic nitrogens is 4. The molecule has 0 spiro atoms. The summed E-state index contributed by atoms with van der Waals surface area (Å²) in [6, 6.07) is 7.35. The molecule has 0 unspecified atom stereocenters. The molecule has 2 N–H and O–H groups in total. The smallest absolute Gasteiger partial charge is 0.224 e. The van der Waals surface area contributed by atoms with Gasteiger partial charge in [0, 0.05) is 25.2 Å². The molecule has 0 aliphatic heterocycles. The van der Waals surface area contributed by atoms with Gasteiger partial charge in [-0.2, -0.15) is 5.10 Å². The lowest BCUT2D eigenvalue weighted by molar-refractivity contribution is -0.120. The average Bonchev–Trinajstić information content (AvgIpc) is 3.13. The van der Waals surface area contributed by atoms with Crippen molar-refractivity contribution < 1.29 is 9.53 Å². The van der Waals surface area contributed by atoms with Gasteiger partial charge in [0.05, 0.1) is 31.2 Å². The number of rotatable bonds is 11. The Balaban J connectivity index is 1.66. The van der Waals surface area contributed by atoms with E-state index in [-0.39, 0.29) is 12.3 Å². The van der Waals surface area contributed by atoms with Gasteiger partial charge in [0.15, 0.2) is 10.8 Å². The van der Waals surface area contributed by atoms with Crippen molar-refractivity contribution in [1.29, 1.82) is 0 Å². The number of anilines is 1. The zero-order valence-electron chi connectivity index (χ0n) is 17.0. The molecule has 0 bridgehead atoms. The fourth-order valence-electron chi connectivity index (χ4n) is 2.88. The summed E-state index contributed by atoms with van der Waals surface area (Å²) in [4.78, 5) is 21.5. The van der Waals surface area contributed by atoms with Gasteiger partial charge in [-0.1, -0.05) is 48.5 Å². The molecule has 10 heteroatoms. The summed E-state index contributed by atoms with van der Waals surface area (Å²) < 4.78 is 6.89. The molecule has 0 saturated carbocycles. The first-order valence-corrected chi connectivity index (χ1v) is 11.1. The van der Waals surface area contributed by atoms with Crippen LogP contribution in [0.25, 0.3) is 11.0 Å². The van der Waals surface area contributed by atoms with Crippen LogP contribution in [0.15, 0.2) is 35.6 Å². The third-order valence-electron chi connectivity index (χ3n) is 4.30. The van der Waals surface area contributed by atoms with Gasteiger partial charge in [0.25, 0.3) is 0 Å². The second-order valence-corrected chi connectivity index (χ2v) is 8.07. The number of carbonyl (C=O) groups is 1. The first-order valence-electron chi connectivity index (χ1n) is 9.71. The Kier molecular flexibility index (Phi) is 8.30. The fourth-order valence-corrected chi connectivity index (χ4v) is 3.64. The minimum Gasteiger partial charge on any atom is -0.383 e. The second kappa shape index (κ2) is 11.1. The second-order valence-electron chi connectivity index (χ2n) is 6.43. The van der Waals surface area contributed by atoms with Crippen molar-refractivity contribution in [3.63, 3.8) is 0 Å². The first kappa shape index (κ1) is 22.3. The molecule has 0 radical (unpaired) electrons. The van der Waals surface area contributed by atoms with E-state index in [0.29, 0.717) is 36.4 Å². The molecule has 0 aliphatic rings. The van der Waals surface area contributed by atoms with Gasteiger partial charge in [0.2, 0.25) is 5.91 Å². The summed E-state index contributed by atoms with van der Waals surface area (Å²) >= 11 is 7.70. The lowest BCUT2D eigenvalue weighted by Crippen LogP contribution is -2.29. The van der Waals surface area contributed by atoms with Crippen LogP contribution in [-0.4, -0.2) is 58.2 Å². The van der Waals surface area contributed by atoms with Crippen LogP contribution in [0.5, 0.6) is 0 Å². The third kappa shape index (κ3) is 5.84. The molecule has 1 aromatic carbocycles. The topological polar surface area (TPSA) is 94.0 Å². The molecule has 8 nitrogen and oxygen atoms in total. The fraction of sp³-hybridized carbons (Fsp3) is 0.400. The number of benzene rings is 1. The summed E-state index contributed by atoms with van der Waals surface area (Å²) in [5, 5.41) is 12.8. The molecule has 0 fully saturated rings. The number of fused-ring (bicyclic) bond motifs is 1. The molecule has 160 valence electrons. The molecular weight excluding hydrogens is 424 g/mol. The van der Waals surface area contributed by atoms with E-state index in [1.165, 1.54) is 0 Å². The van der Waals surface area contributed by atoms with Crippen LogP contribution in [0.4, 0.5) is 5.82 Å². The van der Waals surface area contributed by atoms with Crippen molar-refractivity contribution in [3.8, 4) is 0 Å². The highest BCUT2D eigenvalue weighted by Crippen LogP contribution is 2.24. The normalized spacial score (nSPS) is 11.0. The van der Waals surface area contributed by atoms with Crippen LogP contribution < -0.4 is 10.6 Å². The van der Waals surface area contributed by atoms with Gasteiger partial charge in [0.1, 0.15) is 5.82 Å². The molecule has 0 aliphatic carbocycles. The van der Waals surface area contributed by atoms with Crippen molar-refractivity contribution in [2.45, 2.75) is 25.0 Å². The Bertz CT molecular complexity index is 997. The van der Waals surface area contributed by atoms with Crippen molar-refractivity contribution >= 4 is 46.1 Å². The maximum absolute atomic E-state index is 12.2. The maximum atomic E-state index is 12.2. The van der Waals surface area contributed by atoms with Crippen LogP contribution in [0.2, 0.25) is 5.02 Å². The Morgan fingerprint density at radius 1 is 1.27 bits per heavy atom. The van der Waals surface area contributed by atoms with E-state index in [1.807, 2.05) is 18.2 Å². The summed E-state index contributed by atoms with van der Waals surface area (Å²) in [5.74, 6) is 1.52. The molecule has 3 aromatic rings. The number of amides is 1. The maximum Gasteiger partial charge on any atom is 0.224 e. The Morgan fingerprint density at radius 3 is 2.87 bits per heavy atom. The average molecular weight is 449 g/mol. The van der Waals surface area contributed by atoms with Crippen LogP contribution >= 0.6 is 23.4 Å². The molecule has 2 aromatic heterocycles. The van der Waals surface area contributed by atoms with Crippen LogP contribution in [0.3, 0.4) is 0 Å². The quantitative estimate of drug-likeness (QED) is 0.264. The number of nitrogens with zero attached hydrogens (tertiary/aromatic N) is 4. The summed E-state index contributed by atoms with van der Waals surface area (Å²) in [5.41, 5.74) is 1.54. The molecule has 0 atom stereocenters. The number of hydrogen-bond donors (Lipinski definition) is 2. The number of ether oxygens (including phenoxy) is 1. The standard InChI is InChI=1S/C20H25ClN6O2S/c1-3-30-20-25-18(23-9-11-29-2)15-13-24-27(19(15)26-20)10-8-22-17(28)12-14-6-4-5-7-16(14)21/h4-7,13H,3,8-12H2,1-2H3,(H,22,28)(H,23,25,26). The summed E-state index contributed by atoms with van der Waals surface area (Å²) in [6.45, 7) is 4.22. The van der Waals surface area contributed by atoms with E-state index in [4.69, 9.17) is 16.3 Å². The Morgan fingerprint density at radius 2 is 2.10 bits per heavy atom. The van der Waals surface area contributed by atoms with Gasteiger partial charge in [-0.3, -0.25) is 4.79 Å². The van der Waals surface area contributed by atoms with E-state index >= 15 is 0 Å². The van der Waals surface area contributed by atoms with E-state index in [1.54, 1.807) is 35.8 Å². The monoisotopic (exact) mass is 448 g/mol. The van der Waals surface area contributed by atoms with Crippen molar-refractivity contribution in [2.75, 3.05) is 37.9 Å². The number of hydrogen-bond acceptors (Lipinski definition) is 7. The number of halogens is 1. The minimum absolute atomic E-state index is 0.0849. The van der Waals surface area contributed by atoms with Gasteiger partial charge >= 0.3 is 0 Å². The van der Waals surface area contributed by atoms with Gasteiger partial charge in [-0.15, -0.1) is 0 Å². The highest BCUT2D eigenvalue weighted by Gasteiger charge is 2.13. The van der Waals surface area contributed by atoms with E-state index in [9.17, 15) is 4.79 Å². The van der Waals surface area contributed by atoms with Crippen LogP contribution in [0.1, 0.15) is 12.5 Å². The summed E-state index contributed by atoms with van der Waals surface area (Å²) in [6.07, 6.45) is 1.99. The molecule has 2 heterocycles. The Labute approximate surface area is 184 Å². The van der Waals surface area contributed by atoms with Crippen LogP contribution in [-0.2, 0) is 22.5 Å². The van der Waals surface area contributed by atoms with E-state index in [2.05, 4.69) is 32.6 Å². The predicted molar refractivity (Wildman–Crippen MR) is 120 cm³/mol. The molecular formula is C20H25ClN6O2S. The van der Waals surface area contributed by atoms with Gasteiger partial charge < -0.3 is 15.4 Å². The lowest BCUT2D eigenvalue weighted by Gasteiger charge is -2.10. The van der Waals surface area contributed by atoms with Gasteiger partial charge in [-0.05, 0) is 17.4 Å². The lowest BCUT2D eigenvalue weighted by atomic mass is 10.1. The molecule has 1 amide bonds. The SMILES string of the molecule is CCSc1nc(NCCOC)c2cnn(CCNC(=O)Cc3ccccc3Cl)c2n1. The Hall–Kier alpha value is -2.36. The largest absolute Gasteiger partial charge is 0.383 e. The summed E-state index contributed by atoms with van der Waals surface area (Å²) in [7, 11) is 1.66. The zero-order valence-corrected chi connectivity index (χ0v) is 18.6. The molecule has 0 saturated heterocycles. The number of carbonyl (C=O) groups excluding carboxylic acids is 1. The minimum atomic E-state index is -0.0849. The van der Waals surface area contributed by atoms with Crippen molar-refractivity contribution in [2.24, 2.45) is 0 Å². The van der Waals surface area contributed by atoms with Gasteiger partial charge in [-0.25, -0.2) is 14.6 Å². The highest BCUT2D eigenvalue weighted by molar-refractivity contribution is 7.99. The predicted octanol–water partition coefficient (Wildman–Crippen LogP) is 3.01. The highest BCUT2D eigenvalue weighted by atomic mass is 35.5. The van der Waals surface area contributed by atoms with Crippen molar-refractivity contribution in [1.82, 2.24) is 25.1 Å². The van der Waals surface area contributed by atoms with E-state index < -0.39 is 0 Å².